The minimum atomic E-state index is 0.0180. The van der Waals surface area contributed by atoms with Crippen molar-refractivity contribution in [1.29, 1.82) is 0 Å². The molecule has 1 amide bonds. The summed E-state index contributed by atoms with van der Waals surface area (Å²) in [5.41, 5.74) is 2.56. The maximum atomic E-state index is 12.3. The van der Waals surface area contributed by atoms with E-state index in [0.29, 0.717) is 11.6 Å². The van der Waals surface area contributed by atoms with E-state index in [1.54, 1.807) is 0 Å². The zero-order valence-corrected chi connectivity index (χ0v) is 12.1. The van der Waals surface area contributed by atoms with Gasteiger partial charge in [-0.3, -0.25) is 9.78 Å². The Bertz CT molecular complexity index is 590. The van der Waals surface area contributed by atoms with Crippen LogP contribution in [-0.2, 0) is 0 Å². The highest BCUT2D eigenvalue weighted by atomic mass is 32.1. The molecule has 20 heavy (non-hydrogen) atoms. The minimum Gasteiger partial charge on any atom is -0.337 e. The van der Waals surface area contributed by atoms with Gasteiger partial charge in [0.05, 0.1) is 17.4 Å². The summed E-state index contributed by atoms with van der Waals surface area (Å²) >= 11 is 1.10. The fourth-order valence-corrected chi connectivity index (χ4v) is 3.17. The maximum Gasteiger partial charge on any atom is 0.275 e. The van der Waals surface area contributed by atoms with E-state index in [-0.39, 0.29) is 5.91 Å². The summed E-state index contributed by atoms with van der Waals surface area (Å²) in [4.78, 5) is 18.3. The summed E-state index contributed by atoms with van der Waals surface area (Å²) in [5, 5.41) is 0. The molecule has 1 fully saturated rings. The van der Waals surface area contributed by atoms with Gasteiger partial charge in [0, 0.05) is 25.5 Å². The summed E-state index contributed by atoms with van der Waals surface area (Å²) in [6, 6.07) is 4.13. The van der Waals surface area contributed by atoms with Gasteiger partial charge >= 0.3 is 0 Å². The van der Waals surface area contributed by atoms with Crippen molar-refractivity contribution in [1.82, 2.24) is 18.6 Å². The van der Waals surface area contributed by atoms with Crippen LogP contribution >= 0.6 is 11.7 Å². The first-order valence-electron chi connectivity index (χ1n) is 6.74. The van der Waals surface area contributed by atoms with Gasteiger partial charge in [-0.1, -0.05) is 0 Å². The Morgan fingerprint density at radius 1 is 1.25 bits per heavy atom. The van der Waals surface area contributed by atoms with Crippen molar-refractivity contribution in [3.63, 3.8) is 0 Å². The summed E-state index contributed by atoms with van der Waals surface area (Å²) in [6.07, 6.45) is 5.65. The summed E-state index contributed by atoms with van der Waals surface area (Å²) in [5.74, 6) is 0.543. The van der Waals surface area contributed by atoms with Gasteiger partial charge in [-0.15, -0.1) is 0 Å². The Labute approximate surface area is 122 Å². The van der Waals surface area contributed by atoms with Crippen LogP contribution in [-0.4, -0.2) is 37.6 Å². The molecule has 2 aromatic rings. The molecule has 1 saturated heterocycles. The number of nitrogens with zero attached hydrogens (tertiary/aromatic N) is 4. The van der Waals surface area contributed by atoms with Gasteiger partial charge in [0.15, 0.2) is 5.69 Å². The summed E-state index contributed by atoms with van der Waals surface area (Å²) in [6.45, 7) is 3.39. The predicted molar refractivity (Wildman–Crippen MR) is 76.8 cm³/mol. The van der Waals surface area contributed by atoms with Crippen LogP contribution in [0, 0.1) is 6.92 Å². The number of piperidine rings is 1. The smallest absolute Gasteiger partial charge is 0.275 e. The molecule has 0 spiro atoms. The number of hydrogen-bond donors (Lipinski definition) is 0. The molecule has 3 rings (SSSR count). The fraction of sp³-hybridized carbons (Fsp3) is 0.429. The van der Waals surface area contributed by atoms with Gasteiger partial charge in [-0.2, -0.15) is 8.75 Å². The molecule has 0 bridgehead atoms. The largest absolute Gasteiger partial charge is 0.337 e. The van der Waals surface area contributed by atoms with E-state index in [2.05, 4.69) is 25.9 Å². The number of carbonyl (C=O) groups is 1. The van der Waals surface area contributed by atoms with E-state index in [4.69, 9.17) is 0 Å². The van der Waals surface area contributed by atoms with Crippen molar-refractivity contribution in [2.24, 2.45) is 0 Å². The van der Waals surface area contributed by atoms with Gasteiger partial charge < -0.3 is 4.90 Å². The zero-order valence-electron chi connectivity index (χ0n) is 11.3. The Balaban J connectivity index is 1.64. The quantitative estimate of drug-likeness (QED) is 0.850. The van der Waals surface area contributed by atoms with Gasteiger partial charge in [0.2, 0.25) is 0 Å². The molecule has 0 unspecified atom stereocenters. The van der Waals surface area contributed by atoms with Gasteiger partial charge in [-0.05, 0) is 43.4 Å². The lowest BCUT2D eigenvalue weighted by atomic mass is 9.90. The number of aromatic nitrogens is 3. The first kappa shape index (κ1) is 13.2. The van der Waals surface area contributed by atoms with Crippen molar-refractivity contribution in [2.75, 3.05) is 13.1 Å². The summed E-state index contributed by atoms with van der Waals surface area (Å²) < 4.78 is 8.17. The fourth-order valence-electron chi connectivity index (χ4n) is 2.63. The standard InChI is InChI=1S/C14H16N4OS/c1-10-13(17-20-16-10)14(19)18-8-4-12(5-9-18)11-2-6-15-7-3-11/h2-3,6-7,12H,4-5,8-9H2,1H3. The second kappa shape index (κ2) is 5.66. The lowest BCUT2D eigenvalue weighted by Crippen LogP contribution is -2.38. The first-order valence-corrected chi connectivity index (χ1v) is 7.47. The van der Waals surface area contributed by atoms with Gasteiger partial charge in [-0.25, -0.2) is 0 Å². The van der Waals surface area contributed by atoms with Crippen LogP contribution in [0.3, 0.4) is 0 Å². The Morgan fingerprint density at radius 3 is 2.55 bits per heavy atom. The Kier molecular flexibility index (Phi) is 3.73. The average molecular weight is 288 g/mol. The second-order valence-electron chi connectivity index (χ2n) is 5.05. The molecule has 104 valence electrons. The minimum absolute atomic E-state index is 0.0180. The molecule has 0 atom stereocenters. The maximum absolute atomic E-state index is 12.3. The SMILES string of the molecule is Cc1nsnc1C(=O)N1CCC(c2ccncc2)CC1. The molecule has 2 aromatic heterocycles. The average Bonchev–Trinajstić information content (AvgIpc) is 2.94. The van der Waals surface area contributed by atoms with E-state index in [0.717, 1.165) is 43.4 Å². The highest BCUT2D eigenvalue weighted by Crippen LogP contribution is 2.28. The second-order valence-corrected chi connectivity index (χ2v) is 5.57. The molecule has 6 heteroatoms. The Morgan fingerprint density at radius 2 is 1.95 bits per heavy atom. The van der Waals surface area contributed by atoms with Gasteiger partial charge in [0.25, 0.3) is 5.91 Å². The van der Waals surface area contributed by atoms with Crippen LogP contribution in [0.5, 0.6) is 0 Å². The number of carbonyl (C=O) groups excluding carboxylic acids is 1. The lowest BCUT2D eigenvalue weighted by molar-refractivity contribution is 0.0707. The van der Waals surface area contributed by atoms with Crippen molar-refractivity contribution in [2.45, 2.75) is 25.7 Å². The molecule has 0 aliphatic carbocycles. The molecule has 5 nitrogen and oxygen atoms in total. The van der Waals surface area contributed by atoms with Gasteiger partial charge in [0.1, 0.15) is 0 Å². The van der Waals surface area contributed by atoms with E-state index < -0.39 is 0 Å². The molecular formula is C14H16N4OS. The normalized spacial score (nSPS) is 16.4. The number of likely N-dealkylation sites (tertiary alicyclic amines) is 1. The van der Waals surface area contributed by atoms with Crippen molar-refractivity contribution in [3.8, 4) is 0 Å². The number of hydrogen-bond acceptors (Lipinski definition) is 5. The van der Waals surface area contributed by atoms with Crippen LogP contribution in [0.15, 0.2) is 24.5 Å². The molecule has 1 aliphatic heterocycles. The van der Waals surface area contributed by atoms with Crippen LogP contribution in [0.4, 0.5) is 0 Å². The van der Waals surface area contributed by atoms with Crippen LogP contribution < -0.4 is 0 Å². The lowest BCUT2D eigenvalue weighted by Gasteiger charge is -2.31. The van der Waals surface area contributed by atoms with Crippen molar-refractivity contribution < 1.29 is 4.79 Å². The topological polar surface area (TPSA) is 59.0 Å². The van der Waals surface area contributed by atoms with E-state index in [1.807, 2.05) is 24.2 Å². The van der Waals surface area contributed by atoms with Crippen molar-refractivity contribution >= 4 is 17.6 Å². The van der Waals surface area contributed by atoms with E-state index in [9.17, 15) is 4.79 Å². The Hall–Kier alpha value is -1.82. The number of aryl methyl sites for hydroxylation is 1. The highest BCUT2D eigenvalue weighted by molar-refractivity contribution is 6.99. The van der Waals surface area contributed by atoms with Crippen LogP contribution in [0.25, 0.3) is 0 Å². The third kappa shape index (κ3) is 2.56. The van der Waals surface area contributed by atoms with Crippen molar-refractivity contribution in [3.05, 3.63) is 41.5 Å². The molecule has 0 radical (unpaired) electrons. The predicted octanol–water partition coefficient (Wildman–Crippen LogP) is 2.26. The molecule has 0 N–H and O–H groups in total. The number of pyridine rings is 1. The van der Waals surface area contributed by atoms with Crippen LogP contribution in [0.1, 0.15) is 40.5 Å². The molecule has 3 heterocycles. The number of rotatable bonds is 2. The molecule has 1 aliphatic rings. The third-order valence-corrected chi connectivity index (χ3v) is 4.43. The monoisotopic (exact) mass is 288 g/mol. The third-order valence-electron chi connectivity index (χ3n) is 3.81. The first-order chi connectivity index (χ1) is 9.75. The highest BCUT2D eigenvalue weighted by Gasteiger charge is 2.26. The zero-order chi connectivity index (χ0) is 13.9. The molecule has 0 aromatic carbocycles. The number of amides is 1. The summed E-state index contributed by atoms with van der Waals surface area (Å²) in [7, 11) is 0. The van der Waals surface area contributed by atoms with E-state index in [1.165, 1.54) is 5.56 Å². The van der Waals surface area contributed by atoms with Crippen LogP contribution in [0.2, 0.25) is 0 Å². The van der Waals surface area contributed by atoms with E-state index >= 15 is 0 Å². The molecule has 0 saturated carbocycles. The molecular weight excluding hydrogens is 272 g/mol.